The molecule has 8 nitrogen and oxygen atoms in total. The second-order valence-electron chi connectivity index (χ2n) is 3.85. The molecular weight excluding hydrogens is 288 g/mol. The second-order valence-corrected chi connectivity index (χ2v) is 5.57. The van der Waals surface area contributed by atoms with E-state index < -0.39 is 21.7 Å². The summed E-state index contributed by atoms with van der Waals surface area (Å²) < 4.78 is 30.1. The largest absolute Gasteiger partial charge is 0.494 e. The highest BCUT2D eigenvalue weighted by Gasteiger charge is 2.16. The Bertz CT molecular complexity index is 626. The van der Waals surface area contributed by atoms with Gasteiger partial charge in [-0.15, -0.1) is 0 Å². The lowest BCUT2D eigenvalue weighted by Crippen LogP contribution is -2.22. The highest BCUT2D eigenvalue weighted by molar-refractivity contribution is 7.93. The van der Waals surface area contributed by atoms with E-state index in [0.717, 1.165) is 0 Å². The number of methoxy groups -OCH3 is 1. The number of hydrogen-bond acceptors (Lipinski definition) is 5. The lowest BCUT2D eigenvalue weighted by Gasteiger charge is -2.12. The van der Waals surface area contributed by atoms with Crippen LogP contribution in [0.3, 0.4) is 0 Å². The summed E-state index contributed by atoms with van der Waals surface area (Å²) in [7, 11) is -2.63. The van der Waals surface area contributed by atoms with Crippen molar-refractivity contribution in [3.63, 3.8) is 0 Å². The molecule has 0 aromatic heterocycles. The Kier molecular flexibility index (Phi) is 4.92. The Balaban J connectivity index is 2.99. The Hall–Kier alpha value is -2.29. The van der Waals surface area contributed by atoms with Crippen LogP contribution in [0.4, 0.5) is 11.4 Å². The minimum absolute atomic E-state index is 0.136. The van der Waals surface area contributed by atoms with Crippen molar-refractivity contribution in [3.8, 4) is 5.75 Å². The zero-order chi connectivity index (χ0) is 15.3. The predicted octanol–water partition coefficient (Wildman–Crippen LogP) is 0.480. The fourth-order valence-corrected chi connectivity index (χ4v) is 2.31. The van der Waals surface area contributed by atoms with Crippen molar-refractivity contribution in [2.45, 2.75) is 6.92 Å². The molecule has 0 bridgehead atoms. The molecule has 0 saturated heterocycles. The standard InChI is InChI=1S/C11H14N2O6S/c1-7(14)12-9-4-3-8(5-10(9)19-2)13-20(17,18)6-11(15)16/h3-5,13H,6H2,1-2H3,(H,12,14)(H,15,16). The van der Waals surface area contributed by atoms with Crippen molar-refractivity contribution >= 4 is 33.3 Å². The van der Waals surface area contributed by atoms with E-state index >= 15 is 0 Å². The van der Waals surface area contributed by atoms with Crippen LogP contribution in [0.2, 0.25) is 0 Å². The molecule has 0 heterocycles. The zero-order valence-electron chi connectivity index (χ0n) is 10.8. The minimum Gasteiger partial charge on any atom is -0.494 e. The van der Waals surface area contributed by atoms with Crippen LogP contribution in [-0.2, 0) is 19.6 Å². The zero-order valence-corrected chi connectivity index (χ0v) is 11.7. The van der Waals surface area contributed by atoms with Crippen LogP contribution in [0.5, 0.6) is 5.75 Å². The quantitative estimate of drug-likeness (QED) is 0.702. The monoisotopic (exact) mass is 302 g/mol. The van der Waals surface area contributed by atoms with E-state index in [1.165, 1.54) is 32.2 Å². The van der Waals surface area contributed by atoms with E-state index in [-0.39, 0.29) is 17.3 Å². The SMILES string of the molecule is COc1cc(NS(=O)(=O)CC(=O)O)ccc1NC(C)=O. The fraction of sp³-hybridized carbons (Fsp3) is 0.273. The summed E-state index contributed by atoms with van der Waals surface area (Å²) in [5.74, 6) is -2.56. The molecule has 0 fully saturated rings. The van der Waals surface area contributed by atoms with Crippen molar-refractivity contribution in [1.82, 2.24) is 0 Å². The van der Waals surface area contributed by atoms with Crippen LogP contribution >= 0.6 is 0 Å². The normalized spacial score (nSPS) is 10.7. The molecule has 0 saturated carbocycles. The van der Waals surface area contributed by atoms with Crippen LogP contribution in [0.25, 0.3) is 0 Å². The summed E-state index contributed by atoms with van der Waals surface area (Å²) in [5.41, 5.74) is 0.512. The van der Waals surface area contributed by atoms with Gasteiger partial charge in [0.15, 0.2) is 5.75 Å². The number of nitrogens with one attached hydrogen (secondary N) is 2. The first kappa shape index (κ1) is 15.8. The Morgan fingerprint density at radius 2 is 2.00 bits per heavy atom. The number of carbonyl (C=O) groups is 2. The molecule has 20 heavy (non-hydrogen) atoms. The van der Waals surface area contributed by atoms with E-state index in [1.54, 1.807) is 0 Å². The molecule has 110 valence electrons. The molecule has 0 aliphatic carbocycles. The molecule has 1 rings (SSSR count). The average molecular weight is 302 g/mol. The van der Waals surface area contributed by atoms with Crippen molar-refractivity contribution in [2.75, 3.05) is 22.9 Å². The highest BCUT2D eigenvalue weighted by atomic mass is 32.2. The van der Waals surface area contributed by atoms with E-state index in [4.69, 9.17) is 9.84 Å². The summed E-state index contributed by atoms with van der Waals surface area (Å²) in [6.45, 7) is 1.32. The maximum Gasteiger partial charge on any atom is 0.320 e. The number of carboxylic acids is 1. The highest BCUT2D eigenvalue weighted by Crippen LogP contribution is 2.28. The summed E-state index contributed by atoms with van der Waals surface area (Å²) in [6.07, 6.45) is 0. The predicted molar refractivity (Wildman–Crippen MR) is 72.3 cm³/mol. The molecule has 3 N–H and O–H groups in total. The summed E-state index contributed by atoms with van der Waals surface area (Å²) in [4.78, 5) is 21.4. The first-order chi connectivity index (χ1) is 9.23. The van der Waals surface area contributed by atoms with Gasteiger partial charge in [0.1, 0.15) is 5.75 Å². The molecule has 0 radical (unpaired) electrons. The topological polar surface area (TPSA) is 122 Å². The van der Waals surface area contributed by atoms with Crippen LogP contribution < -0.4 is 14.8 Å². The average Bonchev–Trinajstić information content (AvgIpc) is 2.28. The number of carbonyl (C=O) groups excluding carboxylic acids is 1. The lowest BCUT2D eigenvalue weighted by molar-refractivity contribution is -0.134. The van der Waals surface area contributed by atoms with Crippen molar-refractivity contribution in [3.05, 3.63) is 18.2 Å². The van der Waals surface area contributed by atoms with Gasteiger partial charge in [0.05, 0.1) is 18.5 Å². The van der Waals surface area contributed by atoms with Crippen molar-refractivity contribution in [1.29, 1.82) is 0 Å². The third-order valence-corrected chi connectivity index (χ3v) is 3.27. The van der Waals surface area contributed by atoms with Gasteiger partial charge in [-0.1, -0.05) is 0 Å². The van der Waals surface area contributed by atoms with Crippen LogP contribution in [0, 0.1) is 0 Å². The van der Waals surface area contributed by atoms with Gasteiger partial charge in [0, 0.05) is 13.0 Å². The molecule has 0 aliphatic rings. The maximum atomic E-state index is 11.5. The van der Waals surface area contributed by atoms with Gasteiger partial charge in [0.25, 0.3) is 0 Å². The molecule has 9 heteroatoms. The number of amides is 1. The number of benzene rings is 1. The fourth-order valence-electron chi connectivity index (χ4n) is 1.43. The van der Waals surface area contributed by atoms with Crippen molar-refractivity contribution < 1.29 is 27.9 Å². The van der Waals surface area contributed by atoms with Gasteiger partial charge in [-0.25, -0.2) is 8.42 Å². The Morgan fingerprint density at radius 1 is 1.35 bits per heavy atom. The van der Waals surface area contributed by atoms with Crippen LogP contribution in [0.15, 0.2) is 18.2 Å². The number of hydrogen-bond donors (Lipinski definition) is 3. The van der Waals surface area contributed by atoms with Crippen molar-refractivity contribution in [2.24, 2.45) is 0 Å². The van der Waals surface area contributed by atoms with Gasteiger partial charge in [-0.05, 0) is 12.1 Å². The minimum atomic E-state index is -3.99. The molecular formula is C11H14N2O6S. The molecule has 1 aromatic carbocycles. The van der Waals surface area contributed by atoms with E-state index in [1.807, 2.05) is 0 Å². The van der Waals surface area contributed by atoms with Crippen LogP contribution in [0.1, 0.15) is 6.92 Å². The summed E-state index contributed by atoms with van der Waals surface area (Å²) in [5, 5.41) is 11.0. The Morgan fingerprint density at radius 3 is 2.50 bits per heavy atom. The molecule has 0 spiro atoms. The second kappa shape index (κ2) is 6.24. The smallest absolute Gasteiger partial charge is 0.320 e. The lowest BCUT2D eigenvalue weighted by atomic mass is 10.2. The van der Waals surface area contributed by atoms with E-state index in [0.29, 0.717) is 5.69 Å². The van der Waals surface area contributed by atoms with Gasteiger partial charge >= 0.3 is 5.97 Å². The van der Waals surface area contributed by atoms with Crippen LogP contribution in [-0.4, -0.2) is 38.3 Å². The number of carboxylic acid groups (broad SMARTS) is 1. The molecule has 0 atom stereocenters. The first-order valence-electron chi connectivity index (χ1n) is 5.41. The summed E-state index contributed by atoms with van der Waals surface area (Å²) in [6, 6.07) is 4.16. The number of aliphatic carboxylic acids is 1. The molecule has 0 unspecified atom stereocenters. The van der Waals surface area contributed by atoms with Gasteiger partial charge in [0.2, 0.25) is 15.9 Å². The number of rotatable bonds is 6. The van der Waals surface area contributed by atoms with E-state index in [2.05, 4.69) is 10.0 Å². The van der Waals surface area contributed by atoms with Gasteiger partial charge in [-0.3, -0.25) is 14.3 Å². The number of anilines is 2. The Labute approximate surface area is 115 Å². The van der Waals surface area contributed by atoms with Gasteiger partial charge in [-0.2, -0.15) is 0 Å². The third-order valence-electron chi connectivity index (χ3n) is 2.10. The van der Waals surface area contributed by atoms with Gasteiger partial charge < -0.3 is 15.2 Å². The number of sulfonamides is 1. The van der Waals surface area contributed by atoms with E-state index in [9.17, 15) is 18.0 Å². The number of ether oxygens (including phenoxy) is 1. The molecule has 1 aromatic rings. The maximum absolute atomic E-state index is 11.5. The first-order valence-corrected chi connectivity index (χ1v) is 7.06. The summed E-state index contributed by atoms with van der Waals surface area (Å²) >= 11 is 0. The molecule has 1 amide bonds. The third kappa shape index (κ3) is 4.76. The molecule has 0 aliphatic heterocycles.